The molecule has 6 nitrogen and oxygen atoms in total. The number of allylic oxidation sites excluding steroid dienone is 2. The van der Waals surface area contributed by atoms with Crippen molar-refractivity contribution in [1.29, 1.82) is 0 Å². The van der Waals surface area contributed by atoms with Gasteiger partial charge in [-0.25, -0.2) is 4.90 Å². The number of rotatable bonds is 2. The number of amides is 2. The molecule has 0 aromatic heterocycles. The fourth-order valence-corrected chi connectivity index (χ4v) is 4.65. The number of hydrogen-bond acceptors (Lipinski definition) is 4. The van der Waals surface area contributed by atoms with Crippen molar-refractivity contribution in [3.05, 3.63) is 44.9 Å². The Morgan fingerprint density at radius 3 is 2.09 bits per heavy atom. The van der Waals surface area contributed by atoms with Crippen LogP contribution in [0.25, 0.3) is 0 Å². The minimum absolute atomic E-state index is 0.0844. The van der Waals surface area contributed by atoms with Gasteiger partial charge in [-0.3, -0.25) is 19.7 Å². The molecule has 0 N–H and O–H groups in total. The first-order valence-electron chi connectivity index (χ1n) is 7.49. The van der Waals surface area contributed by atoms with Crippen LogP contribution in [0.4, 0.5) is 11.4 Å². The summed E-state index contributed by atoms with van der Waals surface area (Å²) in [5, 5.41) is 10.8. The molecule has 1 saturated carbocycles. The normalized spacial score (nSPS) is 31.6. The lowest BCUT2D eigenvalue weighted by Gasteiger charge is -2.38. The van der Waals surface area contributed by atoms with Crippen LogP contribution in [-0.4, -0.2) is 16.7 Å². The Kier molecular flexibility index (Phi) is 3.16. The SMILES string of the molecule is O=C1[C@@H]2[C@@H](C(=O)N1c1ccc([N+](=O)[O-])cc1Br)[C@@H]1C=C[C@@H]2CC1. The van der Waals surface area contributed by atoms with E-state index in [4.69, 9.17) is 0 Å². The van der Waals surface area contributed by atoms with Crippen LogP contribution in [0.2, 0.25) is 0 Å². The van der Waals surface area contributed by atoms with E-state index in [1.807, 2.05) is 0 Å². The first-order chi connectivity index (χ1) is 11.0. The smallest absolute Gasteiger partial charge is 0.270 e. The van der Waals surface area contributed by atoms with E-state index in [2.05, 4.69) is 28.1 Å². The van der Waals surface area contributed by atoms with E-state index in [1.54, 1.807) is 0 Å². The molecule has 7 heteroatoms. The lowest BCUT2D eigenvalue weighted by Crippen LogP contribution is -2.38. The van der Waals surface area contributed by atoms with E-state index in [0.29, 0.717) is 10.2 Å². The summed E-state index contributed by atoms with van der Waals surface area (Å²) in [6.07, 6.45) is 6.01. The monoisotopic (exact) mass is 376 g/mol. The minimum atomic E-state index is -0.508. The van der Waals surface area contributed by atoms with Crippen LogP contribution in [0.5, 0.6) is 0 Å². The number of carbonyl (C=O) groups is 2. The maximum atomic E-state index is 12.8. The highest BCUT2D eigenvalue weighted by Crippen LogP contribution is 2.51. The second-order valence-electron chi connectivity index (χ2n) is 6.25. The second-order valence-corrected chi connectivity index (χ2v) is 7.10. The third-order valence-electron chi connectivity index (χ3n) is 5.14. The summed E-state index contributed by atoms with van der Waals surface area (Å²) in [6.45, 7) is 0. The molecule has 5 rings (SSSR count). The van der Waals surface area contributed by atoms with E-state index in [0.717, 1.165) is 12.8 Å². The van der Waals surface area contributed by atoms with Crippen LogP contribution in [-0.2, 0) is 9.59 Å². The molecule has 118 valence electrons. The zero-order valence-corrected chi connectivity index (χ0v) is 13.6. The first-order valence-corrected chi connectivity index (χ1v) is 8.28. The lowest BCUT2D eigenvalue weighted by atomic mass is 9.63. The fourth-order valence-electron chi connectivity index (χ4n) is 4.10. The molecule has 0 unspecified atom stereocenters. The zero-order valence-electron chi connectivity index (χ0n) is 12.0. The van der Waals surface area contributed by atoms with Crippen molar-refractivity contribution in [2.45, 2.75) is 12.8 Å². The van der Waals surface area contributed by atoms with Gasteiger partial charge in [0.25, 0.3) is 5.69 Å². The Hall–Kier alpha value is -2.02. The molecule has 1 aromatic carbocycles. The number of anilines is 1. The van der Waals surface area contributed by atoms with Crippen molar-refractivity contribution in [2.75, 3.05) is 4.90 Å². The van der Waals surface area contributed by atoms with Gasteiger partial charge in [0.2, 0.25) is 11.8 Å². The third kappa shape index (κ3) is 1.99. The van der Waals surface area contributed by atoms with Crippen LogP contribution >= 0.6 is 15.9 Å². The molecule has 2 amide bonds. The van der Waals surface area contributed by atoms with Crippen molar-refractivity contribution in [3.63, 3.8) is 0 Å². The van der Waals surface area contributed by atoms with E-state index in [9.17, 15) is 19.7 Å². The molecular weight excluding hydrogens is 364 g/mol. The van der Waals surface area contributed by atoms with E-state index in [-0.39, 0.29) is 41.2 Å². The number of benzene rings is 1. The number of nitro groups is 1. The molecule has 1 aliphatic heterocycles. The van der Waals surface area contributed by atoms with Gasteiger partial charge in [0.1, 0.15) is 0 Å². The third-order valence-corrected chi connectivity index (χ3v) is 5.78. The van der Waals surface area contributed by atoms with Crippen LogP contribution < -0.4 is 4.90 Å². The summed E-state index contributed by atoms with van der Waals surface area (Å²) in [4.78, 5) is 37.2. The largest absolute Gasteiger partial charge is 0.274 e. The highest BCUT2D eigenvalue weighted by molar-refractivity contribution is 9.10. The van der Waals surface area contributed by atoms with Gasteiger partial charge < -0.3 is 0 Å². The molecular formula is C16H13BrN2O4. The molecule has 0 spiro atoms. The summed E-state index contributed by atoms with van der Waals surface area (Å²) in [5.41, 5.74) is 0.304. The van der Waals surface area contributed by atoms with Gasteiger partial charge in [0.05, 0.1) is 22.4 Å². The fraction of sp³-hybridized carbons (Fsp3) is 0.375. The van der Waals surface area contributed by atoms with Crippen molar-refractivity contribution in [1.82, 2.24) is 0 Å². The number of halogens is 1. The quantitative estimate of drug-likeness (QED) is 0.343. The van der Waals surface area contributed by atoms with Crippen LogP contribution in [0.1, 0.15) is 12.8 Å². The molecule has 23 heavy (non-hydrogen) atoms. The Balaban J connectivity index is 1.75. The van der Waals surface area contributed by atoms with Gasteiger partial charge in [-0.1, -0.05) is 12.2 Å². The molecule has 1 saturated heterocycles. The Morgan fingerprint density at radius 2 is 1.65 bits per heavy atom. The van der Waals surface area contributed by atoms with Crippen molar-refractivity contribution < 1.29 is 14.5 Å². The first kappa shape index (κ1) is 14.6. The van der Waals surface area contributed by atoms with E-state index >= 15 is 0 Å². The molecule has 1 aromatic rings. The number of nitro benzene ring substituents is 1. The summed E-state index contributed by atoms with van der Waals surface area (Å²) >= 11 is 3.26. The standard InChI is InChI=1S/C16H13BrN2O4/c17-11-7-10(19(22)23)5-6-12(11)18-15(20)13-8-1-2-9(4-3-8)14(13)16(18)21/h1-2,5-9,13-14H,3-4H2/t8-,9-,13+,14+/m1/s1. The Labute approximate surface area is 140 Å². The maximum Gasteiger partial charge on any atom is 0.270 e. The number of non-ortho nitro benzene ring substituents is 1. The topological polar surface area (TPSA) is 80.5 Å². The summed E-state index contributed by atoms with van der Waals surface area (Å²) in [7, 11) is 0. The van der Waals surface area contributed by atoms with Gasteiger partial charge in [0, 0.05) is 16.6 Å². The minimum Gasteiger partial charge on any atom is -0.274 e. The van der Waals surface area contributed by atoms with Crippen molar-refractivity contribution in [3.8, 4) is 0 Å². The van der Waals surface area contributed by atoms with Gasteiger partial charge in [-0.2, -0.15) is 0 Å². The number of imide groups is 1. The number of carbonyl (C=O) groups excluding carboxylic acids is 2. The predicted molar refractivity (Wildman–Crippen MR) is 85.6 cm³/mol. The zero-order chi connectivity index (χ0) is 16.3. The van der Waals surface area contributed by atoms with Gasteiger partial charge in [-0.05, 0) is 46.7 Å². The van der Waals surface area contributed by atoms with Crippen LogP contribution in [0.3, 0.4) is 0 Å². The predicted octanol–water partition coefficient (Wildman–Crippen LogP) is 3.06. The highest BCUT2D eigenvalue weighted by Gasteiger charge is 2.57. The highest BCUT2D eigenvalue weighted by atomic mass is 79.9. The van der Waals surface area contributed by atoms with E-state index < -0.39 is 4.92 Å². The maximum absolute atomic E-state index is 12.8. The van der Waals surface area contributed by atoms with Crippen LogP contribution in [0, 0.1) is 33.8 Å². The van der Waals surface area contributed by atoms with E-state index in [1.165, 1.54) is 23.1 Å². The molecule has 1 heterocycles. The Morgan fingerprint density at radius 1 is 1.09 bits per heavy atom. The molecule has 2 bridgehead atoms. The van der Waals surface area contributed by atoms with Crippen LogP contribution in [0.15, 0.2) is 34.8 Å². The average molecular weight is 377 g/mol. The molecule has 3 aliphatic carbocycles. The average Bonchev–Trinajstić information content (AvgIpc) is 2.82. The molecule has 0 radical (unpaired) electrons. The summed E-state index contributed by atoms with van der Waals surface area (Å²) in [6, 6.07) is 4.10. The van der Waals surface area contributed by atoms with Gasteiger partial charge in [-0.15, -0.1) is 0 Å². The lowest BCUT2D eigenvalue weighted by molar-refractivity contribution is -0.384. The van der Waals surface area contributed by atoms with Gasteiger partial charge in [0.15, 0.2) is 0 Å². The molecule has 4 aliphatic rings. The number of fused-ring (bicyclic) bond motifs is 1. The van der Waals surface area contributed by atoms with Gasteiger partial charge >= 0.3 is 0 Å². The van der Waals surface area contributed by atoms with Crippen molar-refractivity contribution in [2.24, 2.45) is 23.7 Å². The molecule has 4 atom stereocenters. The molecule has 2 fully saturated rings. The number of nitrogens with zero attached hydrogens (tertiary/aromatic N) is 2. The van der Waals surface area contributed by atoms with Crippen molar-refractivity contribution >= 4 is 39.1 Å². The second kappa shape index (κ2) is 4.99. The number of hydrogen-bond donors (Lipinski definition) is 0. The summed E-state index contributed by atoms with van der Waals surface area (Å²) in [5.74, 6) is -0.685. The Bertz CT molecular complexity index is 743. The summed E-state index contributed by atoms with van der Waals surface area (Å²) < 4.78 is 0.382.